The molecule has 24 heavy (non-hydrogen) atoms. The van der Waals surface area contributed by atoms with Gasteiger partial charge >= 0.3 is 6.18 Å². The number of benzene rings is 2. The Balaban J connectivity index is 2.13. The van der Waals surface area contributed by atoms with E-state index in [2.05, 4.69) is 11.9 Å². The van der Waals surface area contributed by atoms with Crippen LogP contribution in [0.1, 0.15) is 18.1 Å². The van der Waals surface area contributed by atoms with Gasteiger partial charge in [0.2, 0.25) is 0 Å². The molecule has 0 amide bonds. The van der Waals surface area contributed by atoms with Gasteiger partial charge < -0.3 is 10.1 Å². The number of hydrogen-bond acceptors (Lipinski definition) is 2. The van der Waals surface area contributed by atoms with Crippen LogP contribution < -0.4 is 10.1 Å². The van der Waals surface area contributed by atoms with Crippen molar-refractivity contribution in [1.82, 2.24) is 0 Å². The van der Waals surface area contributed by atoms with Crippen LogP contribution in [-0.2, 0) is 11.6 Å². The molecular formula is C19H20F3NO. The third kappa shape index (κ3) is 4.10. The molecule has 1 N–H and O–H groups in total. The van der Waals surface area contributed by atoms with E-state index in [1.807, 2.05) is 31.2 Å². The van der Waals surface area contributed by atoms with Crippen LogP contribution in [0.25, 0.3) is 0 Å². The fourth-order valence-corrected chi connectivity index (χ4v) is 2.33. The Kier molecular flexibility index (Phi) is 5.22. The first kappa shape index (κ1) is 17.9. The number of hydrogen-bond donors (Lipinski definition) is 1. The minimum Gasteiger partial charge on any atom is -0.497 e. The van der Waals surface area contributed by atoms with Crippen molar-refractivity contribution in [2.24, 2.45) is 0 Å². The number of nitrogens with one attached hydrogen (secondary N) is 1. The number of anilines is 1. The summed E-state index contributed by atoms with van der Waals surface area (Å²) >= 11 is 0. The summed E-state index contributed by atoms with van der Waals surface area (Å²) in [5.74, 6) is 0.759. The molecule has 1 unspecified atom stereocenters. The Morgan fingerprint density at radius 2 is 1.54 bits per heavy atom. The van der Waals surface area contributed by atoms with Crippen molar-refractivity contribution in [2.75, 3.05) is 19.0 Å². The average molecular weight is 335 g/mol. The molecule has 2 nitrogen and oxygen atoms in total. The molecule has 0 aliphatic carbocycles. The van der Waals surface area contributed by atoms with Crippen molar-refractivity contribution in [3.05, 3.63) is 72.3 Å². The van der Waals surface area contributed by atoms with E-state index in [4.69, 9.17) is 4.74 Å². The molecule has 0 heterocycles. The van der Waals surface area contributed by atoms with Crippen LogP contribution in [0, 0.1) is 0 Å². The first-order valence-electron chi connectivity index (χ1n) is 7.48. The van der Waals surface area contributed by atoms with Crippen molar-refractivity contribution in [3.63, 3.8) is 0 Å². The van der Waals surface area contributed by atoms with Crippen molar-refractivity contribution < 1.29 is 17.9 Å². The topological polar surface area (TPSA) is 21.3 Å². The Hall–Kier alpha value is -2.43. The summed E-state index contributed by atoms with van der Waals surface area (Å²) in [6.07, 6.45) is -2.59. The predicted octanol–water partition coefficient (Wildman–Crippen LogP) is 5.27. The molecule has 0 aliphatic heterocycles. The lowest BCUT2D eigenvalue weighted by Crippen LogP contribution is -2.29. The summed E-state index contributed by atoms with van der Waals surface area (Å²) in [7, 11) is 1.60. The van der Waals surface area contributed by atoms with Gasteiger partial charge in [-0.15, -0.1) is 6.58 Å². The highest BCUT2D eigenvalue weighted by atomic mass is 19.4. The molecular weight excluding hydrogens is 315 g/mol. The average Bonchev–Trinajstić information content (AvgIpc) is 2.59. The number of alkyl halides is 3. The van der Waals surface area contributed by atoms with Gasteiger partial charge in [-0.1, -0.05) is 25.1 Å². The summed E-state index contributed by atoms with van der Waals surface area (Å²) in [6.45, 7) is 6.28. The molecule has 2 rings (SSSR count). The summed E-state index contributed by atoms with van der Waals surface area (Å²) < 4.78 is 43.2. The van der Waals surface area contributed by atoms with Crippen LogP contribution in [0.5, 0.6) is 5.75 Å². The number of halogens is 3. The second-order valence-corrected chi connectivity index (χ2v) is 5.78. The minimum absolute atomic E-state index is 0.496. The van der Waals surface area contributed by atoms with Gasteiger partial charge in [-0.25, -0.2) is 0 Å². The lowest BCUT2D eigenvalue weighted by molar-refractivity contribution is -0.137. The van der Waals surface area contributed by atoms with Gasteiger partial charge in [0, 0.05) is 17.6 Å². The molecule has 0 fully saturated rings. The molecule has 5 heteroatoms. The van der Waals surface area contributed by atoms with Crippen molar-refractivity contribution in [1.29, 1.82) is 0 Å². The van der Waals surface area contributed by atoms with Gasteiger partial charge in [0.25, 0.3) is 0 Å². The quantitative estimate of drug-likeness (QED) is 0.726. The lowest BCUT2D eigenvalue weighted by atomic mass is 9.82. The van der Waals surface area contributed by atoms with Crippen LogP contribution in [-0.4, -0.2) is 13.7 Å². The summed E-state index contributed by atoms with van der Waals surface area (Å²) in [6, 6.07) is 12.6. The molecule has 2 aromatic carbocycles. The SMILES string of the molecule is C=CC(C)(CNc1ccc(OC)cc1)c1ccc(C(F)(F)F)cc1. The van der Waals surface area contributed by atoms with E-state index in [1.165, 1.54) is 12.1 Å². The highest BCUT2D eigenvalue weighted by Gasteiger charge is 2.31. The predicted molar refractivity (Wildman–Crippen MR) is 90.5 cm³/mol. The molecule has 0 saturated carbocycles. The second kappa shape index (κ2) is 6.99. The van der Waals surface area contributed by atoms with E-state index in [-0.39, 0.29) is 0 Å². The molecule has 2 aromatic rings. The zero-order valence-corrected chi connectivity index (χ0v) is 13.7. The first-order chi connectivity index (χ1) is 11.3. The summed E-state index contributed by atoms with van der Waals surface area (Å²) in [5, 5.41) is 3.28. The first-order valence-corrected chi connectivity index (χ1v) is 7.48. The molecule has 0 saturated heterocycles. The Morgan fingerprint density at radius 3 is 2.00 bits per heavy atom. The van der Waals surface area contributed by atoms with E-state index in [9.17, 15) is 13.2 Å². The van der Waals surface area contributed by atoms with E-state index in [0.29, 0.717) is 6.54 Å². The van der Waals surface area contributed by atoms with Crippen LogP contribution in [0.3, 0.4) is 0 Å². The van der Waals surface area contributed by atoms with Crippen LogP contribution in [0.2, 0.25) is 0 Å². The smallest absolute Gasteiger partial charge is 0.416 e. The van der Waals surface area contributed by atoms with Gasteiger partial charge in [-0.05, 0) is 42.0 Å². The van der Waals surface area contributed by atoms with Gasteiger partial charge in [-0.3, -0.25) is 0 Å². The van der Waals surface area contributed by atoms with Crippen molar-refractivity contribution in [3.8, 4) is 5.75 Å². The van der Waals surface area contributed by atoms with Crippen LogP contribution in [0.4, 0.5) is 18.9 Å². The lowest BCUT2D eigenvalue weighted by Gasteiger charge is -2.27. The molecule has 0 bridgehead atoms. The van der Waals surface area contributed by atoms with E-state index >= 15 is 0 Å². The molecule has 0 radical (unpaired) electrons. The third-order valence-electron chi connectivity index (χ3n) is 4.07. The number of methoxy groups -OCH3 is 1. The molecule has 0 spiro atoms. The number of ether oxygens (including phenoxy) is 1. The number of rotatable bonds is 6. The standard InChI is InChI=1S/C19H20F3NO/c1-4-18(2,13-23-16-9-11-17(24-3)12-10-16)14-5-7-15(8-6-14)19(20,21)22/h4-12,23H,1,13H2,2-3H3. The maximum Gasteiger partial charge on any atom is 0.416 e. The Bertz CT molecular complexity index is 677. The molecule has 128 valence electrons. The Labute approximate surface area is 140 Å². The highest BCUT2D eigenvalue weighted by Crippen LogP contribution is 2.32. The second-order valence-electron chi connectivity index (χ2n) is 5.78. The van der Waals surface area contributed by atoms with Crippen LogP contribution in [0.15, 0.2) is 61.2 Å². The van der Waals surface area contributed by atoms with Gasteiger partial charge in [-0.2, -0.15) is 13.2 Å². The monoisotopic (exact) mass is 335 g/mol. The van der Waals surface area contributed by atoms with Crippen molar-refractivity contribution >= 4 is 5.69 Å². The van der Waals surface area contributed by atoms with E-state index < -0.39 is 17.2 Å². The molecule has 1 atom stereocenters. The zero-order chi connectivity index (χ0) is 17.8. The highest BCUT2D eigenvalue weighted by molar-refractivity contribution is 5.48. The minimum atomic E-state index is -4.33. The van der Waals surface area contributed by atoms with Gasteiger partial charge in [0.15, 0.2) is 0 Å². The Morgan fingerprint density at radius 1 is 1.00 bits per heavy atom. The normalized spacial score (nSPS) is 13.9. The van der Waals surface area contributed by atoms with Crippen LogP contribution >= 0.6 is 0 Å². The van der Waals surface area contributed by atoms with E-state index in [1.54, 1.807) is 13.2 Å². The third-order valence-corrected chi connectivity index (χ3v) is 4.07. The molecule has 0 aromatic heterocycles. The van der Waals surface area contributed by atoms with Gasteiger partial charge in [0.05, 0.1) is 12.7 Å². The fraction of sp³-hybridized carbons (Fsp3) is 0.263. The fourth-order valence-electron chi connectivity index (χ4n) is 2.33. The maximum absolute atomic E-state index is 12.7. The molecule has 0 aliphatic rings. The summed E-state index contributed by atoms with van der Waals surface area (Å²) in [5.41, 5.74) is 0.521. The zero-order valence-electron chi connectivity index (χ0n) is 13.7. The van der Waals surface area contributed by atoms with E-state index in [0.717, 1.165) is 29.1 Å². The largest absolute Gasteiger partial charge is 0.497 e. The summed E-state index contributed by atoms with van der Waals surface area (Å²) in [4.78, 5) is 0. The van der Waals surface area contributed by atoms with Crippen molar-refractivity contribution in [2.45, 2.75) is 18.5 Å². The van der Waals surface area contributed by atoms with Gasteiger partial charge in [0.1, 0.15) is 5.75 Å². The maximum atomic E-state index is 12.7.